The van der Waals surface area contributed by atoms with Crippen LogP contribution in [0, 0.1) is 0 Å². The number of hydrogen-bond acceptors (Lipinski definition) is 2. The highest BCUT2D eigenvalue weighted by molar-refractivity contribution is 7.87. The molecule has 0 bridgehead atoms. The Morgan fingerprint density at radius 2 is 1.18 bits per heavy atom. The Morgan fingerprint density at radius 1 is 0.882 bits per heavy atom. The van der Waals surface area contributed by atoms with Gasteiger partial charge in [0.25, 0.3) is 5.00 Å². The van der Waals surface area contributed by atoms with E-state index in [0.717, 1.165) is 0 Å². The monoisotopic (exact) mass is 292 g/mol. The zero-order chi connectivity index (χ0) is 14.5. The van der Waals surface area contributed by atoms with Crippen LogP contribution in [-0.2, 0) is 10.1 Å². The van der Waals surface area contributed by atoms with Crippen LogP contribution in [-0.4, -0.2) is 35.7 Å². The van der Waals surface area contributed by atoms with E-state index in [1.165, 1.54) is 0 Å². The summed E-state index contributed by atoms with van der Waals surface area (Å²) in [7, 11) is -6.13. The first-order valence-electron chi connectivity index (χ1n) is 3.79. The fourth-order valence-electron chi connectivity index (χ4n) is 0.789. The topological polar surface area (TPSA) is 54.4 Å². The van der Waals surface area contributed by atoms with E-state index in [-0.39, 0.29) is 0 Å². The van der Waals surface area contributed by atoms with Gasteiger partial charge in [0.1, 0.15) is 0 Å². The van der Waals surface area contributed by atoms with Crippen molar-refractivity contribution in [2.45, 2.75) is 36.6 Å². The third-order valence-electron chi connectivity index (χ3n) is 2.27. The Balaban J connectivity index is 5.91. The standard InChI is InChI=1S/C6H7F7O3S/c1-3(7,4(2,8)17(14,15)16)5(9,10)6(11,12)13/h1-2H3,(H,14,15,16). The molecule has 2 atom stereocenters. The van der Waals surface area contributed by atoms with Crippen LogP contribution in [0.2, 0.25) is 0 Å². The quantitative estimate of drug-likeness (QED) is 0.642. The van der Waals surface area contributed by atoms with Crippen molar-refractivity contribution >= 4 is 10.1 Å². The van der Waals surface area contributed by atoms with Gasteiger partial charge >= 0.3 is 22.2 Å². The van der Waals surface area contributed by atoms with Crippen molar-refractivity contribution in [3.63, 3.8) is 0 Å². The van der Waals surface area contributed by atoms with Gasteiger partial charge in [-0.05, 0) is 13.8 Å². The summed E-state index contributed by atoms with van der Waals surface area (Å²) in [5.41, 5.74) is -5.20. The Hall–Kier alpha value is -0.580. The summed E-state index contributed by atoms with van der Waals surface area (Å²) in [5, 5.41) is -4.83. The predicted molar refractivity (Wildman–Crippen MR) is 41.6 cm³/mol. The third-order valence-corrected chi connectivity index (χ3v) is 3.62. The first kappa shape index (κ1) is 16.4. The van der Waals surface area contributed by atoms with E-state index in [9.17, 15) is 39.2 Å². The van der Waals surface area contributed by atoms with Gasteiger partial charge in [0.2, 0.25) is 5.67 Å². The molecule has 104 valence electrons. The highest BCUT2D eigenvalue weighted by atomic mass is 32.2. The van der Waals surface area contributed by atoms with Crippen LogP contribution in [0.5, 0.6) is 0 Å². The fourth-order valence-corrected chi connectivity index (χ4v) is 1.40. The van der Waals surface area contributed by atoms with Crippen molar-refractivity contribution in [1.29, 1.82) is 0 Å². The maximum Gasteiger partial charge on any atom is 0.456 e. The minimum atomic E-state index is -6.52. The average Bonchev–Trinajstić information content (AvgIpc) is 1.98. The van der Waals surface area contributed by atoms with E-state index in [2.05, 4.69) is 0 Å². The highest BCUT2D eigenvalue weighted by Crippen LogP contribution is 2.52. The molecule has 0 saturated heterocycles. The molecule has 0 aromatic heterocycles. The minimum Gasteiger partial charge on any atom is -0.283 e. The molecule has 17 heavy (non-hydrogen) atoms. The summed E-state index contributed by atoms with van der Waals surface area (Å²) in [6.07, 6.45) is -6.52. The molecular weight excluding hydrogens is 285 g/mol. The Bertz CT molecular complexity index is 394. The molecular formula is C6H7F7O3S. The lowest BCUT2D eigenvalue weighted by Gasteiger charge is -2.37. The summed E-state index contributed by atoms with van der Waals surface area (Å²) in [4.78, 5) is 0. The Morgan fingerprint density at radius 3 is 1.35 bits per heavy atom. The van der Waals surface area contributed by atoms with Crippen LogP contribution in [0.15, 0.2) is 0 Å². The van der Waals surface area contributed by atoms with Crippen LogP contribution in [0.1, 0.15) is 13.8 Å². The van der Waals surface area contributed by atoms with Gasteiger partial charge in [-0.2, -0.15) is 30.4 Å². The van der Waals surface area contributed by atoms with Gasteiger partial charge in [-0.3, -0.25) is 4.55 Å². The maximum atomic E-state index is 13.3. The second-order valence-corrected chi connectivity index (χ2v) is 5.18. The fraction of sp³-hybridized carbons (Fsp3) is 1.00. The van der Waals surface area contributed by atoms with Crippen LogP contribution in [0.3, 0.4) is 0 Å². The molecule has 11 heteroatoms. The summed E-state index contributed by atoms with van der Waals surface area (Å²) < 4.78 is 116. The molecule has 0 rings (SSSR count). The summed E-state index contributed by atoms with van der Waals surface area (Å²) >= 11 is 0. The zero-order valence-corrected chi connectivity index (χ0v) is 9.13. The number of rotatable bonds is 3. The van der Waals surface area contributed by atoms with Crippen molar-refractivity contribution in [3.05, 3.63) is 0 Å². The normalized spacial score (nSPS) is 21.8. The lowest BCUT2D eigenvalue weighted by molar-refractivity contribution is -0.335. The van der Waals surface area contributed by atoms with Crippen molar-refractivity contribution in [3.8, 4) is 0 Å². The SMILES string of the molecule is CC(F)(C(F)(F)C(F)(F)F)C(C)(F)S(=O)(=O)O. The van der Waals surface area contributed by atoms with Crippen molar-refractivity contribution in [1.82, 2.24) is 0 Å². The molecule has 0 spiro atoms. The summed E-state index contributed by atoms with van der Waals surface area (Å²) in [6.45, 7) is -1.03. The molecule has 0 aliphatic heterocycles. The van der Waals surface area contributed by atoms with E-state index in [1.54, 1.807) is 0 Å². The second-order valence-electron chi connectivity index (χ2n) is 3.47. The van der Waals surface area contributed by atoms with Crippen LogP contribution < -0.4 is 0 Å². The molecule has 0 aliphatic carbocycles. The molecule has 2 unspecified atom stereocenters. The van der Waals surface area contributed by atoms with Crippen LogP contribution in [0.4, 0.5) is 30.7 Å². The number of alkyl halides is 7. The van der Waals surface area contributed by atoms with E-state index < -0.39 is 46.7 Å². The van der Waals surface area contributed by atoms with Crippen LogP contribution >= 0.6 is 0 Å². The summed E-state index contributed by atoms with van der Waals surface area (Å²) in [6, 6.07) is 0. The molecule has 0 aromatic carbocycles. The Labute approximate surface area is 91.4 Å². The maximum absolute atomic E-state index is 13.3. The number of halogens is 7. The largest absolute Gasteiger partial charge is 0.456 e. The van der Waals surface area contributed by atoms with Gasteiger partial charge in [0, 0.05) is 0 Å². The highest BCUT2D eigenvalue weighted by Gasteiger charge is 2.78. The van der Waals surface area contributed by atoms with Gasteiger partial charge in [-0.15, -0.1) is 0 Å². The Kier molecular flexibility index (Phi) is 3.58. The van der Waals surface area contributed by atoms with E-state index in [1.807, 2.05) is 0 Å². The van der Waals surface area contributed by atoms with E-state index >= 15 is 0 Å². The second kappa shape index (κ2) is 3.70. The van der Waals surface area contributed by atoms with Crippen molar-refractivity contribution < 1.29 is 43.7 Å². The van der Waals surface area contributed by atoms with Gasteiger partial charge < -0.3 is 0 Å². The first-order chi connectivity index (χ1) is 7.00. The minimum absolute atomic E-state index is 0.429. The predicted octanol–water partition coefficient (Wildman–Crippen LogP) is 2.49. The lowest BCUT2D eigenvalue weighted by atomic mass is 9.94. The molecule has 1 N–H and O–H groups in total. The van der Waals surface area contributed by atoms with Crippen molar-refractivity contribution in [2.24, 2.45) is 0 Å². The number of hydrogen-bond donors (Lipinski definition) is 1. The molecule has 0 aliphatic rings. The lowest BCUT2D eigenvalue weighted by Crippen LogP contribution is -2.64. The summed E-state index contributed by atoms with van der Waals surface area (Å²) in [5.74, 6) is -6.31. The van der Waals surface area contributed by atoms with Gasteiger partial charge in [0.15, 0.2) is 0 Å². The van der Waals surface area contributed by atoms with Gasteiger partial charge in [0.05, 0.1) is 0 Å². The third kappa shape index (κ3) is 2.21. The van der Waals surface area contributed by atoms with Crippen LogP contribution in [0.25, 0.3) is 0 Å². The zero-order valence-electron chi connectivity index (χ0n) is 8.32. The van der Waals surface area contributed by atoms with E-state index in [4.69, 9.17) is 4.55 Å². The molecule has 0 aromatic rings. The molecule has 0 heterocycles. The van der Waals surface area contributed by atoms with E-state index in [0.29, 0.717) is 0 Å². The molecule has 0 saturated carbocycles. The molecule has 0 amide bonds. The van der Waals surface area contributed by atoms with Crippen molar-refractivity contribution in [2.75, 3.05) is 0 Å². The smallest absolute Gasteiger partial charge is 0.283 e. The average molecular weight is 292 g/mol. The first-order valence-corrected chi connectivity index (χ1v) is 5.23. The van der Waals surface area contributed by atoms with Gasteiger partial charge in [-0.1, -0.05) is 0 Å². The molecule has 0 radical (unpaired) electrons. The molecule has 0 fully saturated rings. The molecule has 3 nitrogen and oxygen atoms in total. The van der Waals surface area contributed by atoms with Gasteiger partial charge in [-0.25, -0.2) is 8.78 Å².